The Balaban J connectivity index is 2.73. The molecule has 0 saturated heterocycles. The SMILES string of the molecule is COCCN=C(NN)Nc1cccc(Cl)c1Br. The smallest absolute Gasteiger partial charge is 0.210 e. The number of rotatable bonds is 4. The van der Waals surface area contributed by atoms with Gasteiger partial charge in [0.1, 0.15) is 0 Å². The van der Waals surface area contributed by atoms with Crippen molar-refractivity contribution in [3.05, 3.63) is 27.7 Å². The third-order valence-corrected chi connectivity index (χ3v) is 3.30. The average Bonchev–Trinajstić information content (AvgIpc) is 2.33. The molecule has 4 N–H and O–H groups in total. The standard InChI is InChI=1S/C10H14BrClN4O/c1-17-6-5-14-10(16-13)15-8-4-2-3-7(12)9(8)11/h2-4H,5-6,13H2,1H3,(H2,14,15,16). The summed E-state index contributed by atoms with van der Waals surface area (Å²) in [6.07, 6.45) is 0. The van der Waals surface area contributed by atoms with E-state index < -0.39 is 0 Å². The lowest BCUT2D eigenvalue weighted by Gasteiger charge is -2.11. The lowest BCUT2D eigenvalue weighted by atomic mass is 10.3. The molecule has 0 unspecified atom stereocenters. The van der Waals surface area contributed by atoms with Crippen LogP contribution in [0.25, 0.3) is 0 Å². The van der Waals surface area contributed by atoms with E-state index in [1.807, 2.05) is 12.1 Å². The maximum Gasteiger partial charge on any atom is 0.210 e. The molecule has 1 rings (SSSR count). The van der Waals surface area contributed by atoms with E-state index >= 15 is 0 Å². The number of nitrogens with one attached hydrogen (secondary N) is 2. The first-order valence-corrected chi connectivity index (χ1v) is 6.07. The summed E-state index contributed by atoms with van der Waals surface area (Å²) in [6, 6.07) is 5.48. The molecule has 0 radical (unpaired) electrons. The summed E-state index contributed by atoms with van der Waals surface area (Å²) in [5.41, 5.74) is 3.26. The second-order valence-electron chi connectivity index (χ2n) is 3.09. The van der Waals surface area contributed by atoms with Crippen molar-refractivity contribution in [1.82, 2.24) is 5.43 Å². The molecule has 0 aliphatic carbocycles. The van der Waals surface area contributed by atoms with Crippen LogP contribution in [0.5, 0.6) is 0 Å². The number of methoxy groups -OCH3 is 1. The highest BCUT2D eigenvalue weighted by Gasteiger charge is 2.05. The number of nitrogens with zero attached hydrogens (tertiary/aromatic N) is 1. The van der Waals surface area contributed by atoms with Crippen molar-refractivity contribution in [2.75, 3.05) is 25.6 Å². The summed E-state index contributed by atoms with van der Waals surface area (Å²) in [4.78, 5) is 4.18. The van der Waals surface area contributed by atoms with Gasteiger partial charge >= 0.3 is 0 Å². The molecule has 1 aromatic rings. The van der Waals surface area contributed by atoms with Gasteiger partial charge in [0, 0.05) is 7.11 Å². The Morgan fingerprint density at radius 1 is 1.59 bits per heavy atom. The molecule has 0 saturated carbocycles. The lowest BCUT2D eigenvalue weighted by molar-refractivity contribution is 0.208. The van der Waals surface area contributed by atoms with Gasteiger partial charge in [-0.05, 0) is 28.1 Å². The molecule has 1 aromatic carbocycles. The van der Waals surface area contributed by atoms with Gasteiger partial charge in [0.2, 0.25) is 5.96 Å². The zero-order chi connectivity index (χ0) is 12.7. The van der Waals surface area contributed by atoms with Crippen molar-refractivity contribution in [1.29, 1.82) is 0 Å². The van der Waals surface area contributed by atoms with E-state index in [9.17, 15) is 0 Å². The van der Waals surface area contributed by atoms with E-state index in [1.165, 1.54) is 0 Å². The Morgan fingerprint density at radius 2 is 2.35 bits per heavy atom. The van der Waals surface area contributed by atoms with Crippen LogP contribution >= 0.6 is 27.5 Å². The second-order valence-corrected chi connectivity index (χ2v) is 4.29. The molecule has 17 heavy (non-hydrogen) atoms. The summed E-state index contributed by atoms with van der Waals surface area (Å²) in [6.45, 7) is 1.05. The number of guanidine groups is 1. The van der Waals surface area contributed by atoms with Crippen molar-refractivity contribution in [3.8, 4) is 0 Å². The number of aliphatic imine (C=N–C) groups is 1. The molecule has 0 aromatic heterocycles. The van der Waals surface area contributed by atoms with Crippen LogP contribution in [0.4, 0.5) is 5.69 Å². The number of anilines is 1. The van der Waals surface area contributed by atoms with E-state index in [0.717, 1.165) is 10.2 Å². The summed E-state index contributed by atoms with van der Waals surface area (Å²) >= 11 is 9.35. The molecular weight excluding hydrogens is 307 g/mol. The number of hydrogen-bond donors (Lipinski definition) is 3. The topological polar surface area (TPSA) is 71.7 Å². The van der Waals surface area contributed by atoms with Crippen LogP contribution in [0, 0.1) is 0 Å². The fraction of sp³-hybridized carbons (Fsp3) is 0.300. The Kier molecular flexibility index (Phi) is 6.28. The number of hydrogen-bond acceptors (Lipinski definition) is 3. The van der Waals surface area contributed by atoms with Crippen molar-refractivity contribution >= 4 is 39.2 Å². The molecule has 0 heterocycles. The van der Waals surface area contributed by atoms with E-state index in [0.29, 0.717) is 24.1 Å². The van der Waals surface area contributed by atoms with Crippen LogP contribution in [0.1, 0.15) is 0 Å². The highest BCUT2D eigenvalue weighted by Crippen LogP contribution is 2.29. The molecule has 0 amide bonds. The van der Waals surface area contributed by atoms with E-state index in [4.69, 9.17) is 22.2 Å². The van der Waals surface area contributed by atoms with Gasteiger partial charge in [0.15, 0.2) is 0 Å². The third-order valence-electron chi connectivity index (χ3n) is 1.91. The zero-order valence-corrected chi connectivity index (χ0v) is 11.7. The van der Waals surface area contributed by atoms with Gasteiger partial charge in [-0.2, -0.15) is 0 Å². The normalized spacial score (nSPS) is 11.4. The molecule has 5 nitrogen and oxygen atoms in total. The van der Waals surface area contributed by atoms with Crippen LogP contribution in [0.15, 0.2) is 27.7 Å². The number of nitrogens with two attached hydrogens (primary N) is 1. The number of ether oxygens (including phenoxy) is 1. The second kappa shape index (κ2) is 7.50. The van der Waals surface area contributed by atoms with Crippen LogP contribution in [0.2, 0.25) is 5.02 Å². The number of benzene rings is 1. The first kappa shape index (κ1) is 14.2. The summed E-state index contributed by atoms with van der Waals surface area (Å²) < 4.78 is 5.66. The van der Waals surface area contributed by atoms with E-state index in [2.05, 4.69) is 31.7 Å². The zero-order valence-electron chi connectivity index (χ0n) is 9.34. The van der Waals surface area contributed by atoms with E-state index in [1.54, 1.807) is 13.2 Å². The Morgan fingerprint density at radius 3 is 3.00 bits per heavy atom. The monoisotopic (exact) mass is 320 g/mol. The highest BCUT2D eigenvalue weighted by molar-refractivity contribution is 9.10. The first-order chi connectivity index (χ1) is 8.19. The van der Waals surface area contributed by atoms with Gasteiger partial charge in [-0.1, -0.05) is 17.7 Å². The van der Waals surface area contributed by atoms with Crippen molar-refractivity contribution in [2.24, 2.45) is 10.8 Å². The van der Waals surface area contributed by atoms with Gasteiger partial charge in [0.05, 0.1) is 28.3 Å². The summed E-state index contributed by atoms with van der Waals surface area (Å²) in [7, 11) is 1.62. The molecule has 0 aliphatic rings. The van der Waals surface area contributed by atoms with Gasteiger partial charge in [-0.15, -0.1) is 0 Å². The van der Waals surface area contributed by atoms with Crippen molar-refractivity contribution < 1.29 is 4.74 Å². The van der Waals surface area contributed by atoms with Crippen molar-refractivity contribution in [3.63, 3.8) is 0 Å². The summed E-state index contributed by atoms with van der Waals surface area (Å²) in [5, 5.41) is 3.64. The fourth-order valence-electron chi connectivity index (χ4n) is 1.10. The van der Waals surface area contributed by atoms with Gasteiger partial charge in [0.25, 0.3) is 0 Å². The minimum absolute atomic E-state index is 0.449. The highest BCUT2D eigenvalue weighted by atomic mass is 79.9. The average molecular weight is 322 g/mol. The van der Waals surface area contributed by atoms with Gasteiger partial charge < -0.3 is 10.1 Å². The largest absolute Gasteiger partial charge is 0.383 e. The summed E-state index contributed by atoms with van der Waals surface area (Å²) in [5.74, 6) is 5.81. The van der Waals surface area contributed by atoms with Crippen LogP contribution in [0.3, 0.4) is 0 Å². The van der Waals surface area contributed by atoms with Crippen LogP contribution in [-0.4, -0.2) is 26.2 Å². The predicted molar refractivity (Wildman–Crippen MR) is 74.3 cm³/mol. The third kappa shape index (κ3) is 4.51. The molecular formula is C10H14BrClN4O. The van der Waals surface area contributed by atoms with Crippen LogP contribution in [-0.2, 0) is 4.74 Å². The Hall–Kier alpha value is -0.820. The van der Waals surface area contributed by atoms with Gasteiger partial charge in [-0.3, -0.25) is 5.43 Å². The maximum absolute atomic E-state index is 5.97. The van der Waals surface area contributed by atoms with E-state index in [-0.39, 0.29) is 0 Å². The molecule has 0 atom stereocenters. The van der Waals surface area contributed by atoms with Gasteiger partial charge in [-0.25, -0.2) is 10.8 Å². The lowest BCUT2D eigenvalue weighted by Crippen LogP contribution is -2.36. The molecule has 0 aliphatic heterocycles. The molecule has 0 fully saturated rings. The molecule has 0 bridgehead atoms. The van der Waals surface area contributed by atoms with Crippen LogP contribution < -0.4 is 16.6 Å². The quantitative estimate of drug-likeness (QED) is 0.261. The maximum atomic E-state index is 5.97. The predicted octanol–water partition coefficient (Wildman–Crippen LogP) is 1.98. The molecule has 94 valence electrons. The number of halogens is 2. The minimum atomic E-state index is 0.449. The number of hydrazine groups is 1. The Bertz CT molecular complexity index is 400. The first-order valence-electron chi connectivity index (χ1n) is 4.90. The molecule has 7 heteroatoms. The van der Waals surface area contributed by atoms with Crippen molar-refractivity contribution in [2.45, 2.75) is 0 Å². The fourth-order valence-corrected chi connectivity index (χ4v) is 1.64. The molecule has 0 spiro atoms. The minimum Gasteiger partial charge on any atom is -0.383 e. The Labute approximate surface area is 113 Å².